The monoisotopic (exact) mass is 275 g/mol. The van der Waals surface area contributed by atoms with Gasteiger partial charge in [-0.3, -0.25) is 4.79 Å². The van der Waals surface area contributed by atoms with Crippen molar-refractivity contribution in [2.75, 3.05) is 12.3 Å². The number of nitrogens with zero attached hydrogens (tertiary/aromatic N) is 1. The van der Waals surface area contributed by atoms with Crippen LogP contribution in [0.3, 0.4) is 0 Å². The van der Waals surface area contributed by atoms with E-state index < -0.39 is 21.9 Å². The van der Waals surface area contributed by atoms with Gasteiger partial charge in [0.25, 0.3) is 0 Å². The molecule has 0 saturated carbocycles. The van der Waals surface area contributed by atoms with Crippen LogP contribution >= 0.6 is 0 Å². The third kappa shape index (κ3) is 3.32. The standard InChI is InChI=1S/C11H14FNO4S/c1-8-2-3-10(17-8)6-13-5-9(4-11(13)14)7-18(12,15)16/h2-3,9H,4-7H2,1H3. The molecule has 1 aliphatic heterocycles. The van der Waals surface area contributed by atoms with E-state index in [1.165, 1.54) is 4.90 Å². The molecule has 7 heteroatoms. The largest absolute Gasteiger partial charge is 0.464 e. The van der Waals surface area contributed by atoms with Crippen LogP contribution in [0.25, 0.3) is 0 Å². The summed E-state index contributed by atoms with van der Waals surface area (Å²) in [5.41, 5.74) is 0. The van der Waals surface area contributed by atoms with Gasteiger partial charge in [0.05, 0.1) is 12.3 Å². The van der Waals surface area contributed by atoms with E-state index >= 15 is 0 Å². The average Bonchev–Trinajstić information content (AvgIpc) is 2.73. The molecule has 5 nitrogen and oxygen atoms in total. The van der Waals surface area contributed by atoms with Gasteiger partial charge in [-0.1, -0.05) is 0 Å². The van der Waals surface area contributed by atoms with Crippen LogP contribution in [0.4, 0.5) is 3.89 Å². The lowest BCUT2D eigenvalue weighted by atomic mass is 10.1. The minimum atomic E-state index is -4.53. The number of furan rings is 1. The molecule has 1 aliphatic rings. The predicted octanol–water partition coefficient (Wildman–Crippen LogP) is 1.24. The average molecular weight is 275 g/mol. The lowest BCUT2D eigenvalue weighted by molar-refractivity contribution is -0.128. The number of halogens is 1. The third-order valence-electron chi connectivity index (χ3n) is 2.87. The van der Waals surface area contributed by atoms with Gasteiger partial charge < -0.3 is 9.32 Å². The Bertz CT molecular complexity index is 551. The molecule has 1 aromatic rings. The Labute approximate surface area is 105 Å². The Balaban J connectivity index is 1.97. The molecule has 1 amide bonds. The predicted molar refractivity (Wildman–Crippen MR) is 61.9 cm³/mol. The molecule has 0 N–H and O–H groups in total. The van der Waals surface area contributed by atoms with Crippen molar-refractivity contribution in [3.05, 3.63) is 23.7 Å². The number of amides is 1. The summed E-state index contributed by atoms with van der Waals surface area (Å²) in [6.45, 7) is 2.35. The van der Waals surface area contributed by atoms with Gasteiger partial charge in [-0.25, -0.2) is 0 Å². The summed E-state index contributed by atoms with van der Waals surface area (Å²) in [5.74, 6) is 0.164. The zero-order chi connectivity index (χ0) is 13.3. The van der Waals surface area contributed by atoms with Gasteiger partial charge >= 0.3 is 10.2 Å². The summed E-state index contributed by atoms with van der Waals surface area (Å²) in [7, 11) is -4.53. The summed E-state index contributed by atoms with van der Waals surface area (Å²) < 4.78 is 39.0. The van der Waals surface area contributed by atoms with Crippen molar-refractivity contribution >= 4 is 16.1 Å². The lowest BCUT2D eigenvalue weighted by Gasteiger charge is -2.14. The van der Waals surface area contributed by atoms with E-state index in [4.69, 9.17) is 4.42 Å². The van der Waals surface area contributed by atoms with Gasteiger partial charge in [-0.15, -0.1) is 3.89 Å². The van der Waals surface area contributed by atoms with E-state index in [2.05, 4.69) is 0 Å². The zero-order valence-corrected chi connectivity index (χ0v) is 10.7. The van der Waals surface area contributed by atoms with Crippen molar-refractivity contribution in [2.45, 2.75) is 19.9 Å². The first-order valence-electron chi connectivity index (χ1n) is 5.59. The van der Waals surface area contributed by atoms with Gasteiger partial charge in [0, 0.05) is 18.9 Å². The van der Waals surface area contributed by atoms with Crippen LogP contribution in [0, 0.1) is 12.8 Å². The van der Waals surface area contributed by atoms with Crippen LogP contribution in [0.15, 0.2) is 16.5 Å². The SMILES string of the molecule is Cc1ccc(CN2CC(CS(=O)(=O)F)CC2=O)o1. The van der Waals surface area contributed by atoms with E-state index in [0.717, 1.165) is 5.76 Å². The molecule has 0 aromatic carbocycles. The molecule has 18 heavy (non-hydrogen) atoms. The Morgan fingerprint density at radius 2 is 2.22 bits per heavy atom. The minimum absolute atomic E-state index is 0.0723. The van der Waals surface area contributed by atoms with Crippen LogP contribution in [0.2, 0.25) is 0 Å². The number of aryl methyl sites for hydroxylation is 1. The van der Waals surface area contributed by atoms with E-state index in [1.54, 1.807) is 19.1 Å². The molecule has 0 bridgehead atoms. The molecule has 0 radical (unpaired) electrons. The molecule has 1 unspecified atom stereocenters. The third-order valence-corrected chi connectivity index (χ3v) is 3.74. The quantitative estimate of drug-likeness (QED) is 0.775. The van der Waals surface area contributed by atoms with E-state index in [1.807, 2.05) is 0 Å². The molecule has 100 valence electrons. The molecular formula is C11H14FNO4S. The molecule has 1 aromatic heterocycles. The molecule has 1 fully saturated rings. The molecule has 2 rings (SSSR count). The number of carbonyl (C=O) groups is 1. The van der Waals surface area contributed by atoms with E-state index in [0.29, 0.717) is 12.3 Å². The first-order chi connectivity index (χ1) is 8.33. The second kappa shape index (κ2) is 4.72. The van der Waals surface area contributed by atoms with Gasteiger partial charge in [0.15, 0.2) is 0 Å². The Morgan fingerprint density at radius 1 is 1.50 bits per heavy atom. The van der Waals surface area contributed by atoms with Gasteiger partial charge in [-0.05, 0) is 19.1 Å². The second-order valence-corrected chi connectivity index (χ2v) is 5.97. The molecule has 2 heterocycles. The zero-order valence-electron chi connectivity index (χ0n) is 9.93. The first-order valence-corrected chi connectivity index (χ1v) is 7.14. The maximum atomic E-state index is 12.5. The number of hydrogen-bond donors (Lipinski definition) is 0. The van der Waals surface area contributed by atoms with Crippen LogP contribution < -0.4 is 0 Å². The smallest absolute Gasteiger partial charge is 0.302 e. The van der Waals surface area contributed by atoms with Gasteiger partial charge in [0.2, 0.25) is 5.91 Å². The Hall–Kier alpha value is -1.37. The summed E-state index contributed by atoms with van der Waals surface area (Å²) >= 11 is 0. The maximum Gasteiger partial charge on any atom is 0.302 e. The van der Waals surface area contributed by atoms with Crippen molar-refractivity contribution in [3.63, 3.8) is 0 Å². The van der Waals surface area contributed by atoms with Crippen LogP contribution in [0.5, 0.6) is 0 Å². The lowest BCUT2D eigenvalue weighted by Crippen LogP contribution is -2.25. The fourth-order valence-corrected chi connectivity index (χ4v) is 2.94. The summed E-state index contributed by atoms with van der Waals surface area (Å²) in [5, 5.41) is 0. The number of carbonyl (C=O) groups excluding carboxylic acids is 1. The molecule has 1 atom stereocenters. The van der Waals surface area contributed by atoms with Crippen LogP contribution in [0.1, 0.15) is 17.9 Å². The molecule has 1 saturated heterocycles. The van der Waals surface area contributed by atoms with Crippen molar-refractivity contribution in [2.24, 2.45) is 5.92 Å². The first kappa shape index (κ1) is 13.1. The maximum absolute atomic E-state index is 12.5. The van der Waals surface area contributed by atoms with Crippen LogP contribution in [-0.4, -0.2) is 31.5 Å². The van der Waals surface area contributed by atoms with Crippen molar-refractivity contribution in [1.82, 2.24) is 4.90 Å². The molecular weight excluding hydrogens is 261 g/mol. The van der Waals surface area contributed by atoms with E-state index in [-0.39, 0.29) is 18.9 Å². The van der Waals surface area contributed by atoms with Gasteiger partial charge in [0.1, 0.15) is 11.5 Å². The Kier molecular flexibility index (Phi) is 3.43. The highest BCUT2D eigenvalue weighted by atomic mass is 32.3. The van der Waals surface area contributed by atoms with Crippen LogP contribution in [-0.2, 0) is 21.6 Å². The highest BCUT2D eigenvalue weighted by Crippen LogP contribution is 2.22. The van der Waals surface area contributed by atoms with Crippen molar-refractivity contribution in [3.8, 4) is 0 Å². The molecule has 0 spiro atoms. The Morgan fingerprint density at radius 3 is 2.78 bits per heavy atom. The topological polar surface area (TPSA) is 67.6 Å². The minimum Gasteiger partial charge on any atom is -0.464 e. The van der Waals surface area contributed by atoms with Crippen molar-refractivity contribution in [1.29, 1.82) is 0 Å². The second-order valence-electron chi connectivity index (χ2n) is 4.56. The highest BCUT2D eigenvalue weighted by molar-refractivity contribution is 7.86. The summed E-state index contributed by atoms with van der Waals surface area (Å²) in [4.78, 5) is 13.1. The highest BCUT2D eigenvalue weighted by Gasteiger charge is 2.33. The normalized spacial score (nSPS) is 20.7. The fourth-order valence-electron chi connectivity index (χ4n) is 2.16. The fraction of sp³-hybridized carbons (Fsp3) is 0.545. The van der Waals surface area contributed by atoms with Crippen molar-refractivity contribution < 1.29 is 21.5 Å². The van der Waals surface area contributed by atoms with E-state index in [9.17, 15) is 17.1 Å². The summed E-state index contributed by atoms with van der Waals surface area (Å²) in [6.07, 6.45) is 0.0723. The summed E-state index contributed by atoms with van der Waals surface area (Å²) in [6, 6.07) is 3.56. The number of hydrogen-bond acceptors (Lipinski definition) is 4. The van der Waals surface area contributed by atoms with Gasteiger partial charge in [-0.2, -0.15) is 8.42 Å². The number of rotatable bonds is 4. The molecule has 0 aliphatic carbocycles. The number of likely N-dealkylation sites (tertiary alicyclic amines) is 1.